The lowest BCUT2D eigenvalue weighted by Crippen LogP contribution is -2.44. The summed E-state index contributed by atoms with van der Waals surface area (Å²) < 4.78 is 2.35. The van der Waals surface area contributed by atoms with Gasteiger partial charge in [0.05, 0.1) is 25.3 Å². The fourth-order valence-electron chi connectivity index (χ4n) is 4.61. The highest BCUT2D eigenvalue weighted by Crippen LogP contribution is 2.43. The quantitative estimate of drug-likeness (QED) is 0.205. The number of thioether (sulfide) groups is 3. The van der Waals surface area contributed by atoms with E-state index >= 15 is 0 Å². The van der Waals surface area contributed by atoms with Gasteiger partial charge >= 0.3 is 0 Å². The molecule has 2 heterocycles. The molecule has 0 saturated carbocycles. The topological polar surface area (TPSA) is 70.7 Å². The molecule has 5 nitrogen and oxygen atoms in total. The van der Waals surface area contributed by atoms with Gasteiger partial charge in [-0.3, -0.25) is 9.69 Å². The number of benzene rings is 1. The number of carbonyl (C=O) groups excluding carboxylic acids is 1. The van der Waals surface area contributed by atoms with Gasteiger partial charge in [0.1, 0.15) is 0 Å². The number of nitrogens with two attached hydrogens (primary N) is 1. The van der Waals surface area contributed by atoms with Crippen LogP contribution in [0.5, 0.6) is 0 Å². The summed E-state index contributed by atoms with van der Waals surface area (Å²) in [4.78, 5) is 19.4. The van der Waals surface area contributed by atoms with Gasteiger partial charge in [-0.25, -0.2) is 4.99 Å². The first-order valence-corrected chi connectivity index (χ1v) is 21.0. The Morgan fingerprint density at radius 2 is 1.77 bits per heavy atom. The fourth-order valence-corrected chi connectivity index (χ4v) is 9.21. The molecule has 1 saturated heterocycles. The molecule has 2 aliphatic rings. The third kappa shape index (κ3) is 16.3. The van der Waals surface area contributed by atoms with E-state index in [2.05, 4.69) is 77.9 Å². The maximum absolute atomic E-state index is 12.8. The van der Waals surface area contributed by atoms with Crippen molar-refractivity contribution in [3.63, 3.8) is 0 Å². The summed E-state index contributed by atoms with van der Waals surface area (Å²) in [6, 6.07) is 6.05. The molecule has 0 spiro atoms. The molecular formula is C37H55BrCl2N4OS3. The Bertz CT molecular complexity index is 1380. The number of amidine groups is 1. The Labute approximate surface area is 322 Å². The molecule has 1 aromatic rings. The van der Waals surface area contributed by atoms with Gasteiger partial charge in [0.2, 0.25) is 5.91 Å². The Balaban J connectivity index is 0.000000741. The van der Waals surface area contributed by atoms with E-state index in [0.717, 1.165) is 66.1 Å². The number of nitrogens with zero attached hydrogens (tertiary/aromatic N) is 2. The first kappa shape index (κ1) is 45.0. The van der Waals surface area contributed by atoms with Crippen molar-refractivity contribution >= 4 is 85.5 Å². The van der Waals surface area contributed by atoms with Crippen LogP contribution in [0.15, 0.2) is 77.5 Å². The van der Waals surface area contributed by atoms with E-state index in [0.29, 0.717) is 21.0 Å². The molecule has 1 amide bonds. The number of allylic oxidation sites excluding steroid dienone is 6. The number of likely N-dealkylation sites (tertiary alicyclic amines) is 1. The molecule has 3 rings (SSSR count). The first-order chi connectivity index (χ1) is 22.9. The van der Waals surface area contributed by atoms with E-state index in [4.69, 9.17) is 28.9 Å². The molecular weight excluding hydrogens is 763 g/mol. The van der Waals surface area contributed by atoms with E-state index < -0.39 is 0 Å². The van der Waals surface area contributed by atoms with Crippen LogP contribution in [-0.2, 0) is 11.3 Å². The second-order valence-electron chi connectivity index (χ2n) is 11.1. The zero-order chi connectivity index (χ0) is 36.2. The van der Waals surface area contributed by atoms with Crippen LogP contribution in [0.4, 0.5) is 0 Å². The number of amides is 1. The van der Waals surface area contributed by atoms with Gasteiger partial charge < -0.3 is 11.1 Å². The van der Waals surface area contributed by atoms with Crippen LogP contribution in [0.25, 0.3) is 0 Å². The summed E-state index contributed by atoms with van der Waals surface area (Å²) in [5, 5.41) is 5.11. The van der Waals surface area contributed by atoms with Crippen molar-refractivity contribution in [2.75, 3.05) is 24.6 Å². The third-order valence-electron chi connectivity index (χ3n) is 7.81. The lowest BCUT2D eigenvalue weighted by Gasteiger charge is -2.32. The van der Waals surface area contributed by atoms with Crippen molar-refractivity contribution < 1.29 is 4.79 Å². The zero-order valence-electron chi connectivity index (χ0n) is 30.1. The molecule has 0 unspecified atom stereocenters. The molecule has 11 heteroatoms. The van der Waals surface area contributed by atoms with Crippen molar-refractivity contribution in [3.05, 3.63) is 88.1 Å². The van der Waals surface area contributed by atoms with Crippen molar-refractivity contribution in [2.24, 2.45) is 10.7 Å². The van der Waals surface area contributed by atoms with E-state index in [1.807, 2.05) is 52.0 Å². The van der Waals surface area contributed by atoms with Gasteiger partial charge in [-0.1, -0.05) is 104 Å². The summed E-state index contributed by atoms with van der Waals surface area (Å²) >= 11 is 20.9. The van der Waals surface area contributed by atoms with Crippen LogP contribution >= 0.6 is 74.4 Å². The van der Waals surface area contributed by atoms with E-state index in [9.17, 15) is 4.79 Å². The first-order valence-electron chi connectivity index (χ1n) is 16.7. The van der Waals surface area contributed by atoms with Crippen molar-refractivity contribution in [2.45, 2.75) is 101 Å². The number of piperidine rings is 1. The SMILES string of the molecule is C/C=C(C)/C(CC)=C(\Br)S/C(SCC(=O)NC1CCN(Cc2ccc(Cl)c(Cl)c2)CC1)=C(\C)CC.C/C=C(\C)C1=CCSC(N)=N1.CC. The number of hydrogen-bond acceptors (Lipinski definition) is 7. The minimum atomic E-state index is 0.111. The minimum Gasteiger partial charge on any atom is -0.378 e. The molecule has 1 fully saturated rings. The summed E-state index contributed by atoms with van der Waals surface area (Å²) in [5.74, 6) is 1.49. The number of rotatable bonds is 12. The second kappa shape index (κ2) is 25.0. The monoisotopic (exact) mass is 816 g/mol. The maximum atomic E-state index is 12.8. The van der Waals surface area contributed by atoms with E-state index in [-0.39, 0.29) is 11.9 Å². The summed E-state index contributed by atoms with van der Waals surface area (Å²) in [7, 11) is 0. The predicted octanol–water partition coefficient (Wildman–Crippen LogP) is 12.1. The normalized spacial score (nSPS) is 17.1. The molecule has 0 atom stereocenters. The number of aliphatic imine (C=N–C) groups is 1. The van der Waals surface area contributed by atoms with Gasteiger partial charge in [0, 0.05) is 35.7 Å². The average Bonchev–Trinajstić information content (AvgIpc) is 3.09. The van der Waals surface area contributed by atoms with Gasteiger partial charge in [-0.05, 0) is 111 Å². The molecule has 0 bridgehead atoms. The number of carbonyl (C=O) groups is 1. The highest BCUT2D eigenvalue weighted by molar-refractivity contribution is 9.14. The zero-order valence-corrected chi connectivity index (χ0v) is 35.7. The molecule has 0 aromatic heterocycles. The van der Waals surface area contributed by atoms with Gasteiger partial charge in [-0.2, -0.15) is 0 Å². The van der Waals surface area contributed by atoms with Crippen molar-refractivity contribution in [1.29, 1.82) is 0 Å². The fraction of sp³-hybridized carbons (Fsp3) is 0.514. The van der Waals surface area contributed by atoms with E-state index in [1.165, 1.54) is 26.5 Å². The highest BCUT2D eigenvalue weighted by Gasteiger charge is 2.21. The summed E-state index contributed by atoms with van der Waals surface area (Å²) in [6.45, 7) is 21.5. The van der Waals surface area contributed by atoms with Crippen LogP contribution in [0.1, 0.15) is 93.6 Å². The molecule has 0 aliphatic carbocycles. The van der Waals surface area contributed by atoms with Crippen LogP contribution in [0.2, 0.25) is 10.0 Å². The number of nitrogens with one attached hydrogen (secondary N) is 1. The van der Waals surface area contributed by atoms with Gasteiger partial charge in [0.25, 0.3) is 0 Å². The third-order valence-corrected chi connectivity index (χ3v) is 12.8. The Hall–Kier alpha value is -1.07. The lowest BCUT2D eigenvalue weighted by atomic mass is 10.0. The van der Waals surface area contributed by atoms with Gasteiger partial charge in [0.15, 0.2) is 5.17 Å². The van der Waals surface area contributed by atoms with Crippen LogP contribution in [-0.4, -0.2) is 46.6 Å². The highest BCUT2D eigenvalue weighted by atomic mass is 79.9. The van der Waals surface area contributed by atoms with E-state index in [1.54, 1.807) is 35.3 Å². The standard InChI is InChI=1S/C27H37BrCl2N2OS2.C8H12N2S.C2H6/c1-6-18(4)22(8-3)26(28)35-27(19(5)7-2)34-17-25(33)31-21-11-13-32(14-12-21)16-20-9-10-23(29)24(30)15-20;1-3-6(2)7-4-5-11-8(9)10-7;1-2/h6,9-10,15,21H,7-8,11-14,16-17H2,1-5H3,(H,31,33);3-4H,5H2,1-2H3,(H2,9,10);1-2H3/b18-6+,26-22+,27-19+;6-3+;. The smallest absolute Gasteiger partial charge is 0.230 e. The molecule has 3 N–H and O–H groups in total. The van der Waals surface area contributed by atoms with Crippen LogP contribution < -0.4 is 11.1 Å². The molecule has 1 aromatic carbocycles. The Morgan fingerprint density at radius 3 is 2.31 bits per heavy atom. The van der Waals surface area contributed by atoms with Crippen molar-refractivity contribution in [1.82, 2.24) is 10.2 Å². The average molecular weight is 819 g/mol. The minimum absolute atomic E-state index is 0.111. The molecule has 0 radical (unpaired) electrons. The van der Waals surface area contributed by atoms with Crippen molar-refractivity contribution in [3.8, 4) is 0 Å². The summed E-state index contributed by atoms with van der Waals surface area (Å²) in [6.07, 6.45) is 10.1. The van der Waals surface area contributed by atoms with Crippen LogP contribution in [0, 0.1) is 0 Å². The molecule has 48 heavy (non-hydrogen) atoms. The Kier molecular flexibility index (Phi) is 23.4. The lowest BCUT2D eigenvalue weighted by molar-refractivity contribution is -0.119. The Morgan fingerprint density at radius 1 is 1.10 bits per heavy atom. The maximum Gasteiger partial charge on any atom is 0.230 e. The number of halogens is 3. The summed E-state index contributed by atoms with van der Waals surface area (Å²) in [5.41, 5.74) is 12.8. The molecule has 268 valence electrons. The van der Waals surface area contributed by atoms with Gasteiger partial charge in [-0.15, -0.1) is 11.8 Å². The molecule has 2 aliphatic heterocycles. The number of hydrogen-bond donors (Lipinski definition) is 2. The second-order valence-corrected chi connectivity index (χ2v) is 16.5. The van der Waals surface area contributed by atoms with Crippen LogP contribution in [0.3, 0.4) is 0 Å². The largest absolute Gasteiger partial charge is 0.378 e. The predicted molar refractivity (Wildman–Crippen MR) is 225 cm³/mol.